The predicted molar refractivity (Wildman–Crippen MR) is 66.1 cm³/mol. The van der Waals surface area contributed by atoms with Gasteiger partial charge < -0.3 is 10.6 Å². The third-order valence-electron chi connectivity index (χ3n) is 3.66. The molecule has 0 aromatic rings. The van der Waals surface area contributed by atoms with Crippen molar-refractivity contribution < 1.29 is 4.79 Å². The lowest BCUT2D eigenvalue weighted by Gasteiger charge is -2.37. The molecule has 0 spiro atoms. The van der Waals surface area contributed by atoms with Crippen molar-refractivity contribution in [3.8, 4) is 0 Å². The van der Waals surface area contributed by atoms with Crippen LogP contribution in [-0.4, -0.2) is 55.0 Å². The Morgan fingerprint density at radius 2 is 1.81 bits per heavy atom. The van der Waals surface area contributed by atoms with E-state index in [0.29, 0.717) is 5.92 Å². The minimum Gasteiger partial charge on any atom is -0.347 e. The summed E-state index contributed by atoms with van der Waals surface area (Å²) in [5, 5.41) is 0. The van der Waals surface area contributed by atoms with Crippen molar-refractivity contribution in [3.05, 3.63) is 0 Å². The Labute approximate surface area is 98.8 Å². The molecule has 1 saturated heterocycles. The summed E-state index contributed by atoms with van der Waals surface area (Å²) in [5.74, 6) is 0.817. The van der Waals surface area contributed by atoms with Gasteiger partial charge in [-0.15, -0.1) is 0 Å². The van der Waals surface area contributed by atoms with E-state index in [1.54, 1.807) is 4.90 Å². The molecular formula is C12H25N3O. The maximum Gasteiger partial charge on any atom is 0.239 e. The Morgan fingerprint density at radius 3 is 2.19 bits per heavy atom. The Hall–Kier alpha value is -0.610. The van der Waals surface area contributed by atoms with Crippen molar-refractivity contribution >= 4 is 5.91 Å². The SMILES string of the molecule is CC(N)C1CCN(C(C)C(=O)N(C)C)CC1. The van der Waals surface area contributed by atoms with Crippen molar-refractivity contribution in [1.29, 1.82) is 0 Å². The molecule has 0 aromatic heterocycles. The molecule has 1 fully saturated rings. The predicted octanol–water partition coefficient (Wildman–Crippen LogP) is 0.522. The van der Waals surface area contributed by atoms with Crippen molar-refractivity contribution in [2.75, 3.05) is 27.2 Å². The van der Waals surface area contributed by atoms with Crippen LogP contribution >= 0.6 is 0 Å². The van der Waals surface area contributed by atoms with Gasteiger partial charge in [-0.05, 0) is 45.7 Å². The van der Waals surface area contributed by atoms with E-state index >= 15 is 0 Å². The van der Waals surface area contributed by atoms with Gasteiger partial charge in [-0.1, -0.05) is 0 Å². The first-order valence-electron chi connectivity index (χ1n) is 6.14. The molecule has 2 unspecified atom stereocenters. The largest absolute Gasteiger partial charge is 0.347 e. The molecule has 0 bridgehead atoms. The summed E-state index contributed by atoms with van der Waals surface area (Å²) >= 11 is 0. The van der Waals surface area contributed by atoms with Crippen molar-refractivity contribution in [2.24, 2.45) is 11.7 Å². The molecule has 1 amide bonds. The fraction of sp³-hybridized carbons (Fsp3) is 0.917. The summed E-state index contributed by atoms with van der Waals surface area (Å²) in [5.41, 5.74) is 5.90. The van der Waals surface area contributed by atoms with E-state index < -0.39 is 0 Å². The van der Waals surface area contributed by atoms with Gasteiger partial charge in [0, 0.05) is 20.1 Å². The number of carbonyl (C=O) groups is 1. The van der Waals surface area contributed by atoms with E-state index in [9.17, 15) is 4.79 Å². The Bertz CT molecular complexity index is 232. The first kappa shape index (κ1) is 13.5. The second kappa shape index (κ2) is 5.64. The molecule has 1 aliphatic rings. The smallest absolute Gasteiger partial charge is 0.239 e. The second-order valence-corrected chi connectivity index (χ2v) is 5.14. The molecule has 16 heavy (non-hydrogen) atoms. The first-order chi connectivity index (χ1) is 7.43. The summed E-state index contributed by atoms with van der Waals surface area (Å²) in [6, 6.07) is 0.283. The van der Waals surface area contributed by atoms with Crippen LogP contribution in [-0.2, 0) is 4.79 Å². The van der Waals surface area contributed by atoms with Crippen LogP contribution < -0.4 is 5.73 Å². The standard InChI is InChI=1S/C12H25N3O/c1-9(13)11-5-7-15(8-6-11)10(2)12(16)14(3)4/h9-11H,5-8,13H2,1-4H3. The summed E-state index contributed by atoms with van der Waals surface area (Å²) in [6.45, 7) is 6.06. The van der Waals surface area contributed by atoms with E-state index in [0.717, 1.165) is 25.9 Å². The van der Waals surface area contributed by atoms with Crippen LogP contribution in [0, 0.1) is 5.92 Å². The van der Waals surface area contributed by atoms with Gasteiger partial charge in [-0.25, -0.2) is 0 Å². The zero-order chi connectivity index (χ0) is 12.3. The third-order valence-corrected chi connectivity index (χ3v) is 3.66. The van der Waals surface area contributed by atoms with Gasteiger partial charge in [-0.3, -0.25) is 9.69 Å². The number of hydrogen-bond donors (Lipinski definition) is 1. The van der Waals surface area contributed by atoms with E-state index in [4.69, 9.17) is 5.73 Å². The van der Waals surface area contributed by atoms with Gasteiger partial charge in [0.1, 0.15) is 0 Å². The summed E-state index contributed by atoms with van der Waals surface area (Å²) < 4.78 is 0. The Morgan fingerprint density at radius 1 is 1.31 bits per heavy atom. The Balaban J connectivity index is 2.44. The molecule has 94 valence electrons. The summed E-state index contributed by atoms with van der Waals surface area (Å²) in [4.78, 5) is 15.8. The maximum atomic E-state index is 11.8. The lowest BCUT2D eigenvalue weighted by Crippen LogP contribution is -2.49. The molecule has 0 aromatic carbocycles. The third kappa shape index (κ3) is 3.19. The summed E-state index contributed by atoms with van der Waals surface area (Å²) in [7, 11) is 3.63. The van der Waals surface area contributed by atoms with E-state index in [-0.39, 0.29) is 18.0 Å². The van der Waals surface area contributed by atoms with Gasteiger partial charge in [0.05, 0.1) is 6.04 Å². The molecule has 4 nitrogen and oxygen atoms in total. The molecule has 2 N–H and O–H groups in total. The van der Waals surface area contributed by atoms with Gasteiger partial charge in [0.2, 0.25) is 5.91 Å². The number of carbonyl (C=O) groups excluding carboxylic acids is 1. The zero-order valence-electron chi connectivity index (χ0n) is 10.9. The van der Waals surface area contributed by atoms with Gasteiger partial charge in [0.25, 0.3) is 0 Å². The molecule has 2 atom stereocenters. The number of likely N-dealkylation sites (tertiary alicyclic amines) is 1. The van der Waals surface area contributed by atoms with E-state index in [1.807, 2.05) is 21.0 Å². The molecule has 0 radical (unpaired) electrons. The fourth-order valence-corrected chi connectivity index (χ4v) is 2.36. The molecule has 1 heterocycles. The molecule has 1 aliphatic heterocycles. The number of nitrogens with zero attached hydrogens (tertiary/aromatic N) is 2. The minimum atomic E-state index is 0.00373. The van der Waals surface area contributed by atoms with Crippen molar-refractivity contribution in [2.45, 2.75) is 38.8 Å². The molecular weight excluding hydrogens is 202 g/mol. The number of hydrogen-bond acceptors (Lipinski definition) is 3. The van der Waals surface area contributed by atoms with Crippen molar-refractivity contribution in [1.82, 2.24) is 9.80 Å². The number of amides is 1. The highest BCUT2D eigenvalue weighted by atomic mass is 16.2. The first-order valence-corrected chi connectivity index (χ1v) is 6.14. The lowest BCUT2D eigenvalue weighted by atomic mass is 9.90. The van der Waals surface area contributed by atoms with Crippen LogP contribution in [0.5, 0.6) is 0 Å². The van der Waals surface area contributed by atoms with Crippen LogP contribution in [0.15, 0.2) is 0 Å². The highest BCUT2D eigenvalue weighted by Crippen LogP contribution is 2.21. The van der Waals surface area contributed by atoms with Crippen LogP contribution in [0.25, 0.3) is 0 Å². The fourth-order valence-electron chi connectivity index (χ4n) is 2.36. The molecule has 0 aliphatic carbocycles. The van der Waals surface area contributed by atoms with Crippen molar-refractivity contribution in [3.63, 3.8) is 0 Å². The van der Waals surface area contributed by atoms with Crippen LogP contribution in [0.3, 0.4) is 0 Å². The van der Waals surface area contributed by atoms with Crippen LogP contribution in [0.2, 0.25) is 0 Å². The minimum absolute atomic E-state index is 0.00373. The molecule has 1 rings (SSSR count). The number of piperidine rings is 1. The van der Waals surface area contributed by atoms with Crippen LogP contribution in [0.1, 0.15) is 26.7 Å². The van der Waals surface area contributed by atoms with E-state index in [2.05, 4.69) is 11.8 Å². The summed E-state index contributed by atoms with van der Waals surface area (Å²) in [6.07, 6.45) is 2.23. The Kier molecular flexibility index (Phi) is 4.74. The topological polar surface area (TPSA) is 49.6 Å². The average molecular weight is 227 g/mol. The number of likely N-dealkylation sites (N-methyl/N-ethyl adjacent to an activating group) is 1. The lowest BCUT2D eigenvalue weighted by molar-refractivity contribution is -0.134. The van der Waals surface area contributed by atoms with Gasteiger partial charge in [0.15, 0.2) is 0 Å². The number of rotatable bonds is 3. The van der Waals surface area contributed by atoms with Crippen LogP contribution in [0.4, 0.5) is 0 Å². The maximum absolute atomic E-state index is 11.8. The molecule has 0 saturated carbocycles. The van der Waals surface area contributed by atoms with Gasteiger partial charge >= 0.3 is 0 Å². The normalized spacial score (nSPS) is 22.8. The highest BCUT2D eigenvalue weighted by molar-refractivity contribution is 5.80. The number of nitrogens with two attached hydrogens (primary N) is 1. The molecule has 4 heteroatoms. The van der Waals surface area contributed by atoms with Gasteiger partial charge in [-0.2, -0.15) is 0 Å². The quantitative estimate of drug-likeness (QED) is 0.765. The average Bonchev–Trinajstić information content (AvgIpc) is 2.27. The monoisotopic (exact) mass is 227 g/mol. The second-order valence-electron chi connectivity index (χ2n) is 5.14. The van der Waals surface area contributed by atoms with E-state index in [1.165, 1.54) is 0 Å². The highest BCUT2D eigenvalue weighted by Gasteiger charge is 2.28. The zero-order valence-corrected chi connectivity index (χ0v) is 10.9.